The minimum Gasteiger partial charge on any atom is -0.492 e. The van der Waals surface area contributed by atoms with Crippen LogP contribution in [0, 0.1) is 0 Å². The Balaban J connectivity index is 1.90. The quantitative estimate of drug-likeness (QED) is 0.484. The molecule has 1 aliphatic heterocycles. The zero-order valence-corrected chi connectivity index (χ0v) is 17.3. The molecule has 2 aromatic carbocycles. The van der Waals surface area contributed by atoms with Crippen LogP contribution >= 0.6 is 0 Å². The molecule has 0 aromatic heterocycles. The van der Waals surface area contributed by atoms with Crippen molar-refractivity contribution in [2.45, 2.75) is 13.3 Å². The number of methoxy groups -OCH3 is 1. The number of allylic oxidation sites excluding steroid dienone is 1. The van der Waals surface area contributed by atoms with Crippen molar-refractivity contribution in [3.8, 4) is 17.2 Å². The molecule has 30 heavy (non-hydrogen) atoms. The first-order valence-corrected chi connectivity index (χ1v) is 9.70. The van der Waals surface area contributed by atoms with E-state index in [4.69, 9.17) is 18.9 Å². The average Bonchev–Trinajstić information content (AvgIpc) is 3.24. The molecule has 2 aromatic rings. The summed E-state index contributed by atoms with van der Waals surface area (Å²) in [5.41, 5.74) is 2.17. The minimum atomic E-state index is -0.387. The summed E-state index contributed by atoms with van der Waals surface area (Å²) in [5.74, 6) is 1.46. The van der Waals surface area contributed by atoms with Gasteiger partial charge in [0.25, 0.3) is 0 Å². The summed E-state index contributed by atoms with van der Waals surface area (Å²) in [4.78, 5) is 25.9. The molecule has 1 amide bonds. The number of hydrogen-bond donors (Lipinski definition) is 0. The highest BCUT2D eigenvalue weighted by Gasteiger charge is 2.24. The van der Waals surface area contributed by atoms with Crippen LogP contribution in [0.4, 0.5) is 4.79 Å². The van der Waals surface area contributed by atoms with Crippen molar-refractivity contribution < 1.29 is 28.5 Å². The molecule has 0 atom stereocenters. The van der Waals surface area contributed by atoms with Crippen molar-refractivity contribution in [2.75, 3.05) is 34.1 Å². The Labute approximate surface area is 175 Å². The molecule has 0 saturated carbocycles. The van der Waals surface area contributed by atoms with Crippen molar-refractivity contribution in [3.63, 3.8) is 0 Å². The first-order chi connectivity index (χ1) is 14.5. The Kier molecular flexibility index (Phi) is 6.95. The number of rotatable bonds is 8. The second-order valence-corrected chi connectivity index (χ2v) is 6.65. The van der Waals surface area contributed by atoms with E-state index in [0.29, 0.717) is 47.9 Å². The molecule has 0 saturated heterocycles. The smallest absolute Gasteiger partial charge is 0.409 e. The van der Waals surface area contributed by atoms with Crippen molar-refractivity contribution in [1.82, 2.24) is 4.90 Å². The summed E-state index contributed by atoms with van der Waals surface area (Å²) < 4.78 is 21.7. The van der Waals surface area contributed by atoms with E-state index in [-0.39, 0.29) is 18.7 Å². The van der Waals surface area contributed by atoms with Gasteiger partial charge in [0.1, 0.15) is 0 Å². The fourth-order valence-electron chi connectivity index (χ4n) is 3.14. The summed E-state index contributed by atoms with van der Waals surface area (Å²) in [6.07, 6.45) is 3.35. The molecule has 0 N–H and O–H groups in total. The molecule has 0 radical (unpaired) electrons. The van der Waals surface area contributed by atoms with E-state index < -0.39 is 0 Å². The molecule has 158 valence electrons. The molecule has 3 rings (SSSR count). The molecule has 0 aliphatic carbocycles. The number of carbonyl (C=O) groups is 2. The normalized spacial score (nSPS) is 12.1. The van der Waals surface area contributed by atoms with E-state index in [1.807, 2.05) is 24.3 Å². The Bertz CT molecular complexity index is 938. The van der Waals surface area contributed by atoms with Crippen LogP contribution in [-0.2, 0) is 11.2 Å². The molecular weight excluding hydrogens is 386 g/mol. The Morgan fingerprint density at radius 3 is 2.67 bits per heavy atom. The number of ketones is 1. The van der Waals surface area contributed by atoms with E-state index in [1.165, 1.54) is 11.0 Å². The number of fused-ring (bicyclic) bond motifs is 1. The fourth-order valence-corrected chi connectivity index (χ4v) is 3.14. The number of ether oxygens (including phenoxy) is 4. The summed E-state index contributed by atoms with van der Waals surface area (Å²) in [6.45, 7) is 2.61. The lowest BCUT2D eigenvalue weighted by molar-refractivity contribution is 0.104. The maximum Gasteiger partial charge on any atom is 0.409 e. The Morgan fingerprint density at radius 2 is 1.97 bits per heavy atom. The predicted octanol–water partition coefficient (Wildman–Crippen LogP) is 3.95. The van der Waals surface area contributed by atoms with Crippen molar-refractivity contribution in [1.29, 1.82) is 0 Å². The summed E-state index contributed by atoms with van der Waals surface area (Å²) in [5, 5.41) is 0. The van der Waals surface area contributed by atoms with Crippen LogP contribution in [0.5, 0.6) is 17.2 Å². The highest BCUT2D eigenvalue weighted by Crippen LogP contribution is 2.45. The Hall–Kier alpha value is -3.48. The van der Waals surface area contributed by atoms with E-state index >= 15 is 0 Å². The van der Waals surface area contributed by atoms with Crippen LogP contribution in [0.25, 0.3) is 6.08 Å². The van der Waals surface area contributed by atoms with Gasteiger partial charge in [-0.15, -0.1) is 0 Å². The molecule has 0 spiro atoms. The minimum absolute atomic E-state index is 0.101. The number of amides is 1. The number of benzene rings is 2. The topological polar surface area (TPSA) is 74.3 Å². The summed E-state index contributed by atoms with van der Waals surface area (Å²) in [6, 6.07) is 10.9. The molecule has 0 fully saturated rings. The third kappa shape index (κ3) is 4.74. The summed E-state index contributed by atoms with van der Waals surface area (Å²) in [7, 11) is 3.22. The Morgan fingerprint density at radius 1 is 1.20 bits per heavy atom. The van der Waals surface area contributed by atoms with Gasteiger partial charge in [-0.3, -0.25) is 4.79 Å². The van der Waals surface area contributed by atoms with Crippen molar-refractivity contribution >= 4 is 18.0 Å². The predicted molar refractivity (Wildman–Crippen MR) is 112 cm³/mol. The highest BCUT2D eigenvalue weighted by molar-refractivity contribution is 6.07. The van der Waals surface area contributed by atoms with Gasteiger partial charge in [-0.25, -0.2) is 4.79 Å². The third-order valence-corrected chi connectivity index (χ3v) is 4.70. The van der Waals surface area contributed by atoms with Crippen LogP contribution in [-0.4, -0.2) is 50.9 Å². The van der Waals surface area contributed by atoms with Gasteiger partial charge in [-0.1, -0.05) is 30.3 Å². The van der Waals surface area contributed by atoms with Gasteiger partial charge in [-0.2, -0.15) is 0 Å². The van der Waals surface area contributed by atoms with E-state index in [0.717, 1.165) is 5.56 Å². The van der Waals surface area contributed by atoms with Crippen LogP contribution in [0.1, 0.15) is 28.4 Å². The largest absolute Gasteiger partial charge is 0.492 e. The van der Waals surface area contributed by atoms with Gasteiger partial charge < -0.3 is 23.8 Å². The van der Waals surface area contributed by atoms with E-state index in [9.17, 15) is 9.59 Å². The maximum atomic E-state index is 12.5. The fraction of sp³-hybridized carbons (Fsp3) is 0.304. The second kappa shape index (κ2) is 9.82. The number of hydrogen-bond acceptors (Lipinski definition) is 6. The SMILES string of the molecule is CCOC(=O)N(C)CCc1cc2c(c(OC)c1C=CC(=O)c1ccccc1)OCO2. The van der Waals surface area contributed by atoms with Gasteiger partial charge in [0.15, 0.2) is 17.3 Å². The molecule has 7 heteroatoms. The van der Waals surface area contributed by atoms with Gasteiger partial charge in [0.05, 0.1) is 13.7 Å². The first kappa shape index (κ1) is 21.2. The zero-order chi connectivity index (χ0) is 21.5. The van der Waals surface area contributed by atoms with Gasteiger partial charge in [0, 0.05) is 24.7 Å². The molecule has 1 aliphatic rings. The van der Waals surface area contributed by atoms with Gasteiger partial charge >= 0.3 is 6.09 Å². The maximum absolute atomic E-state index is 12.5. The zero-order valence-electron chi connectivity index (χ0n) is 17.3. The molecule has 7 nitrogen and oxygen atoms in total. The lowest BCUT2D eigenvalue weighted by atomic mass is 10.00. The monoisotopic (exact) mass is 411 g/mol. The molecule has 0 unspecified atom stereocenters. The molecular formula is C23H25NO6. The summed E-state index contributed by atoms with van der Waals surface area (Å²) >= 11 is 0. The third-order valence-electron chi connectivity index (χ3n) is 4.70. The van der Waals surface area contributed by atoms with Crippen LogP contribution in [0.15, 0.2) is 42.5 Å². The van der Waals surface area contributed by atoms with E-state index in [2.05, 4.69) is 0 Å². The van der Waals surface area contributed by atoms with E-state index in [1.54, 1.807) is 39.3 Å². The van der Waals surface area contributed by atoms with Crippen molar-refractivity contribution in [3.05, 3.63) is 59.2 Å². The number of likely N-dealkylation sites (N-methyl/N-ethyl adjacent to an activating group) is 1. The number of carbonyl (C=O) groups excluding carboxylic acids is 2. The molecule has 0 bridgehead atoms. The van der Waals surface area contributed by atoms with Crippen LogP contribution in [0.3, 0.4) is 0 Å². The van der Waals surface area contributed by atoms with Crippen LogP contribution in [0.2, 0.25) is 0 Å². The highest BCUT2D eigenvalue weighted by atomic mass is 16.7. The van der Waals surface area contributed by atoms with Gasteiger partial charge in [0.2, 0.25) is 12.5 Å². The molecule has 1 heterocycles. The lowest BCUT2D eigenvalue weighted by Crippen LogP contribution is -2.29. The standard InChI is InChI=1S/C23H25NO6/c1-4-28-23(26)24(2)13-12-17-14-20-22(30-15-29-20)21(27-3)18(17)10-11-19(25)16-8-6-5-7-9-16/h5-11,14H,4,12-13,15H2,1-3H3. The van der Waals surface area contributed by atoms with Crippen molar-refractivity contribution in [2.24, 2.45) is 0 Å². The second-order valence-electron chi connectivity index (χ2n) is 6.65. The average molecular weight is 411 g/mol. The van der Waals surface area contributed by atoms with Crippen LogP contribution < -0.4 is 14.2 Å². The lowest BCUT2D eigenvalue weighted by Gasteiger charge is -2.18. The van der Waals surface area contributed by atoms with Gasteiger partial charge in [-0.05, 0) is 37.1 Å². The number of nitrogens with zero attached hydrogens (tertiary/aromatic N) is 1. The first-order valence-electron chi connectivity index (χ1n) is 9.70.